The lowest BCUT2D eigenvalue weighted by atomic mass is 10.1. The molecule has 0 aliphatic carbocycles. The third-order valence-corrected chi connectivity index (χ3v) is 5.58. The van der Waals surface area contributed by atoms with E-state index < -0.39 is 17.0 Å². The van der Waals surface area contributed by atoms with E-state index >= 15 is 0 Å². The largest absolute Gasteiger partial charge is 0.454 e. The smallest absolute Gasteiger partial charge is 0.319 e. The van der Waals surface area contributed by atoms with Crippen molar-refractivity contribution in [1.82, 2.24) is 15.1 Å². The Bertz CT molecular complexity index is 1040. The molecule has 0 aromatic heterocycles. The Morgan fingerprint density at radius 1 is 1.06 bits per heavy atom. The van der Waals surface area contributed by atoms with Gasteiger partial charge in [-0.3, -0.25) is 19.8 Å². The number of ether oxygens (including phenoxy) is 2. The highest BCUT2D eigenvalue weighted by Crippen LogP contribution is 2.32. The standard InChI is InChI=1S/C22H25N5O6/c1-15(23-22(29)24-17-3-5-18(6-4-17)27(30)31)21(28)26-10-8-25(9-11-26)13-16-2-7-19-20(12-16)33-14-32-19/h2-7,12,15H,8-11,13-14H2,1H3,(H2,23,24,29). The molecule has 0 saturated carbocycles. The first-order valence-electron chi connectivity index (χ1n) is 10.6. The van der Waals surface area contributed by atoms with Gasteiger partial charge in [0.2, 0.25) is 12.7 Å². The summed E-state index contributed by atoms with van der Waals surface area (Å²) in [4.78, 5) is 39.2. The minimum absolute atomic E-state index is 0.0674. The minimum Gasteiger partial charge on any atom is -0.454 e. The van der Waals surface area contributed by atoms with Gasteiger partial charge in [0.25, 0.3) is 5.69 Å². The van der Waals surface area contributed by atoms with Crippen LogP contribution in [0.15, 0.2) is 42.5 Å². The number of nitro groups is 1. The molecule has 3 amide bonds. The second-order valence-electron chi connectivity index (χ2n) is 7.91. The van der Waals surface area contributed by atoms with Crippen LogP contribution in [0.3, 0.4) is 0 Å². The number of carbonyl (C=O) groups is 2. The van der Waals surface area contributed by atoms with Crippen molar-refractivity contribution >= 4 is 23.3 Å². The molecule has 2 aliphatic rings. The van der Waals surface area contributed by atoms with E-state index in [9.17, 15) is 19.7 Å². The number of nitrogens with one attached hydrogen (secondary N) is 2. The third kappa shape index (κ3) is 5.50. The van der Waals surface area contributed by atoms with Crippen LogP contribution in [0.5, 0.6) is 11.5 Å². The average Bonchev–Trinajstić information content (AvgIpc) is 3.27. The molecule has 0 radical (unpaired) electrons. The summed E-state index contributed by atoms with van der Waals surface area (Å²) in [6.07, 6.45) is 0. The van der Waals surface area contributed by atoms with E-state index in [0.717, 1.165) is 36.7 Å². The minimum atomic E-state index is -0.705. The zero-order valence-corrected chi connectivity index (χ0v) is 18.2. The van der Waals surface area contributed by atoms with Crippen LogP contribution in [-0.4, -0.2) is 65.7 Å². The maximum atomic E-state index is 12.8. The van der Waals surface area contributed by atoms with Gasteiger partial charge >= 0.3 is 6.03 Å². The van der Waals surface area contributed by atoms with E-state index in [1.807, 2.05) is 18.2 Å². The molecule has 0 bridgehead atoms. The van der Waals surface area contributed by atoms with E-state index in [0.29, 0.717) is 18.8 Å². The molecule has 1 atom stereocenters. The van der Waals surface area contributed by atoms with Crippen LogP contribution in [0.4, 0.5) is 16.2 Å². The van der Waals surface area contributed by atoms with Crippen LogP contribution in [-0.2, 0) is 11.3 Å². The molecule has 174 valence electrons. The number of anilines is 1. The Morgan fingerprint density at radius 2 is 1.76 bits per heavy atom. The zero-order chi connectivity index (χ0) is 23.4. The summed E-state index contributed by atoms with van der Waals surface area (Å²) in [5.74, 6) is 1.36. The van der Waals surface area contributed by atoms with Crippen LogP contribution >= 0.6 is 0 Å². The summed E-state index contributed by atoms with van der Waals surface area (Å²) in [5.41, 5.74) is 1.45. The Kier molecular flexibility index (Phi) is 6.59. The molecule has 2 N–H and O–H groups in total. The zero-order valence-electron chi connectivity index (χ0n) is 18.2. The quantitative estimate of drug-likeness (QED) is 0.505. The molecule has 4 rings (SSSR count). The Labute approximate surface area is 190 Å². The first kappa shape index (κ1) is 22.3. The van der Waals surface area contributed by atoms with Gasteiger partial charge in [-0.25, -0.2) is 4.79 Å². The molecular formula is C22H25N5O6. The molecule has 1 unspecified atom stereocenters. The molecule has 1 saturated heterocycles. The highest BCUT2D eigenvalue weighted by Gasteiger charge is 2.26. The molecule has 11 heteroatoms. The molecule has 2 heterocycles. The number of non-ortho nitro benzene ring substituents is 1. The van der Waals surface area contributed by atoms with Gasteiger partial charge in [-0.2, -0.15) is 0 Å². The van der Waals surface area contributed by atoms with Crippen molar-refractivity contribution in [3.8, 4) is 11.5 Å². The summed E-state index contributed by atoms with van der Waals surface area (Å²) >= 11 is 0. The summed E-state index contributed by atoms with van der Waals surface area (Å²) < 4.78 is 10.8. The normalized spacial score (nSPS) is 16.2. The van der Waals surface area contributed by atoms with E-state index in [-0.39, 0.29) is 18.4 Å². The number of benzene rings is 2. The van der Waals surface area contributed by atoms with Crippen LogP contribution in [0.25, 0.3) is 0 Å². The molecule has 11 nitrogen and oxygen atoms in total. The number of carbonyl (C=O) groups excluding carboxylic acids is 2. The van der Waals surface area contributed by atoms with Gasteiger partial charge in [-0.05, 0) is 36.8 Å². The van der Waals surface area contributed by atoms with Crippen LogP contribution < -0.4 is 20.1 Å². The summed E-state index contributed by atoms with van der Waals surface area (Å²) in [7, 11) is 0. The van der Waals surface area contributed by atoms with Crippen LogP contribution in [0.1, 0.15) is 12.5 Å². The monoisotopic (exact) mass is 455 g/mol. The topological polar surface area (TPSA) is 126 Å². The lowest BCUT2D eigenvalue weighted by Gasteiger charge is -2.36. The van der Waals surface area contributed by atoms with Crippen molar-refractivity contribution in [3.63, 3.8) is 0 Å². The predicted octanol–water partition coefficient (Wildman–Crippen LogP) is 2.18. The Morgan fingerprint density at radius 3 is 2.45 bits per heavy atom. The van der Waals surface area contributed by atoms with Crippen molar-refractivity contribution in [2.45, 2.75) is 19.5 Å². The van der Waals surface area contributed by atoms with Crippen LogP contribution in [0.2, 0.25) is 0 Å². The van der Waals surface area contributed by atoms with Gasteiger partial charge in [0.05, 0.1) is 4.92 Å². The van der Waals surface area contributed by atoms with E-state index in [2.05, 4.69) is 15.5 Å². The molecular weight excluding hydrogens is 430 g/mol. The van der Waals surface area contributed by atoms with Crippen molar-refractivity contribution in [2.24, 2.45) is 0 Å². The number of hydrogen-bond donors (Lipinski definition) is 2. The van der Waals surface area contributed by atoms with Crippen molar-refractivity contribution in [2.75, 3.05) is 38.3 Å². The van der Waals surface area contributed by atoms with Gasteiger partial charge < -0.3 is 25.0 Å². The van der Waals surface area contributed by atoms with Crippen molar-refractivity contribution < 1.29 is 24.0 Å². The van der Waals surface area contributed by atoms with Crippen molar-refractivity contribution in [3.05, 3.63) is 58.1 Å². The first-order chi connectivity index (χ1) is 15.9. The predicted molar refractivity (Wildman–Crippen MR) is 119 cm³/mol. The third-order valence-electron chi connectivity index (χ3n) is 5.58. The fourth-order valence-corrected chi connectivity index (χ4v) is 3.79. The lowest BCUT2D eigenvalue weighted by molar-refractivity contribution is -0.384. The fraction of sp³-hybridized carbons (Fsp3) is 0.364. The second-order valence-corrected chi connectivity index (χ2v) is 7.91. The summed E-state index contributed by atoms with van der Waals surface area (Å²) in [5, 5.41) is 15.9. The van der Waals surface area contributed by atoms with Gasteiger partial charge in [0, 0.05) is 50.5 Å². The average molecular weight is 455 g/mol. The van der Waals surface area contributed by atoms with Gasteiger partial charge in [0.15, 0.2) is 11.5 Å². The number of hydrogen-bond acceptors (Lipinski definition) is 7. The molecule has 2 aromatic carbocycles. The first-order valence-corrected chi connectivity index (χ1v) is 10.6. The molecule has 33 heavy (non-hydrogen) atoms. The second kappa shape index (κ2) is 9.74. The van der Waals surface area contributed by atoms with Gasteiger partial charge in [0.1, 0.15) is 6.04 Å². The molecule has 2 aliphatic heterocycles. The van der Waals surface area contributed by atoms with E-state index in [1.54, 1.807) is 11.8 Å². The van der Waals surface area contributed by atoms with Crippen molar-refractivity contribution in [1.29, 1.82) is 0 Å². The molecule has 0 spiro atoms. The van der Waals surface area contributed by atoms with E-state index in [1.165, 1.54) is 24.3 Å². The SMILES string of the molecule is CC(NC(=O)Nc1ccc([N+](=O)[O-])cc1)C(=O)N1CCN(Cc2ccc3c(c2)OCO3)CC1. The van der Waals surface area contributed by atoms with E-state index in [4.69, 9.17) is 9.47 Å². The fourth-order valence-electron chi connectivity index (χ4n) is 3.79. The number of piperazine rings is 1. The number of nitrogens with zero attached hydrogens (tertiary/aromatic N) is 3. The maximum Gasteiger partial charge on any atom is 0.319 e. The number of amides is 3. The maximum absolute atomic E-state index is 12.8. The highest BCUT2D eigenvalue weighted by molar-refractivity contribution is 5.93. The Balaban J connectivity index is 1.22. The van der Waals surface area contributed by atoms with Gasteiger partial charge in [-0.15, -0.1) is 0 Å². The van der Waals surface area contributed by atoms with Gasteiger partial charge in [-0.1, -0.05) is 6.07 Å². The molecule has 2 aromatic rings. The number of fused-ring (bicyclic) bond motifs is 1. The molecule has 1 fully saturated rings. The number of nitro benzene ring substituents is 1. The summed E-state index contributed by atoms with van der Waals surface area (Å²) in [6.45, 7) is 5.22. The summed E-state index contributed by atoms with van der Waals surface area (Å²) in [6, 6.07) is 10.1. The number of urea groups is 1. The Hall–Kier alpha value is -3.86. The highest BCUT2D eigenvalue weighted by atomic mass is 16.7. The lowest BCUT2D eigenvalue weighted by Crippen LogP contribution is -2.54. The van der Waals surface area contributed by atoms with Crippen LogP contribution in [0, 0.1) is 10.1 Å². The number of rotatable bonds is 6.